The van der Waals surface area contributed by atoms with Crippen LogP contribution in [0.5, 0.6) is 0 Å². The fourth-order valence-corrected chi connectivity index (χ4v) is 1.38. The van der Waals surface area contributed by atoms with E-state index in [0.29, 0.717) is 0 Å². The Kier molecular flexibility index (Phi) is 4.76. The van der Waals surface area contributed by atoms with Gasteiger partial charge in [-0.15, -0.1) is 0 Å². The Hall–Kier alpha value is 0. The summed E-state index contributed by atoms with van der Waals surface area (Å²) in [6.07, 6.45) is 2.72. The molecule has 0 fully saturated rings. The monoisotopic (exact) mass is 142 g/mol. The van der Waals surface area contributed by atoms with E-state index in [9.17, 15) is 0 Å². The summed E-state index contributed by atoms with van der Waals surface area (Å²) in [5.74, 6) is 2.64. The Labute approximate surface area is 66.0 Å². The molecule has 0 aromatic carbocycles. The highest BCUT2D eigenvalue weighted by atomic mass is 14.2. The first kappa shape index (κ1) is 10.0. The van der Waals surface area contributed by atoms with E-state index in [-0.39, 0.29) is 0 Å². The Morgan fingerprint density at radius 3 is 1.80 bits per heavy atom. The first-order chi connectivity index (χ1) is 4.59. The predicted molar refractivity (Wildman–Crippen MR) is 48.1 cm³/mol. The minimum absolute atomic E-state index is 0.849. The molecule has 0 saturated carbocycles. The van der Waals surface area contributed by atoms with Gasteiger partial charge in [-0.25, -0.2) is 0 Å². The minimum Gasteiger partial charge on any atom is -0.0654 e. The van der Waals surface area contributed by atoms with Crippen molar-refractivity contribution in [3.05, 3.63) is 0 Å². The van der Waals surface area contributed by atoms with Gasteiger partial charge >= 0.3 is 0 Å². The first-order valence-corrected chi connectivity index (χ1v) is 4.59. The van der Waals surface area contributed by atoms with Crippen molar-refractivity contribution in [2.75, 3.05) is 0 Å². The van der Waals surface area contributed by atoms with Gasteiger partial charge in [0.2, 0.25) is 0 Å². The maximum absolute atomic E-state index is 2.37. The van der Waals surface area contributed by atoms with Crippen LogP contribution in [0.3, 0.4) is 0 Å². The standard InChI is InChI=1S/C10H22/c1-6-7-9(4)10(5)8(2)3/h8-10H,6-7H2,1-5H3. The summed E-state index contributed by atoms with van der Waals surface area (Å²) in [5.41, 5.74) is 0. The summed E-state index contributed by atoms with van der Waals surface area (Å²) in [4.78, 5) is 0. The van der Waals surface area contributed by atoms with Crippen molar-refractivity contribution in [3.63, 3.8) is 0 Å². The highest BCUT2D eigenvalue weighted by Gasteiger charge is 2.13. The highest BCUT2D eigenvalue weighted by Crippen LogP contribution is 2.23. The van der Waals surface area contributed by atoms with Crippen molar-refractivity contribution >= 4 is 0 Å². The van der Waals surface area contributed by atoms with Gasteiger partial charge in [0, 0.05) is 0 Å². The lowest BCUT2D eigenvalue weighted by Gasteiger charge is -2.22. The predicted octanol–water partition coefficient (Wildman–Crippen LogP) is 3.71. The largest absolute Gasteiger partial charge is 0.0654 e. The number of rotatable bonds is 4. The average Bonchev–Trinajstić information content (AvgIpc) is 1.87. The lowest BCUT2D eigenvalue weighted by atomic mass is 9.84. The molecule has 0 saturated heterocycles. The maximum Gasteiger partial charge on any atom is -0.0394 e. The lowest BCUT2D eigenvalue weighted by Crippen LogP contribution is -2.13. The van der Waals surface area contributed by atoms with Gasteiger partial charge in [-0.3, -0.25) is 0 Å². The van der Waals surface area contributed by atoms with Gasteiger partial charge in [0.25, 0.3) is 0 Å². The van der Waals surface area contributed by atoms with Crippen molar-refractivity contribution in [2.45, 2.75) is 47.5 Å². The molecule has 0 N–H and O–H groups in total. The quantitative estimate of drug-likeness (QED) is 0.561. The van der Waals surface area contributed by atoms with Gasteiger partial charge in [0.05, 0.1) is 0 Å². The van der Waals surface area contributed by atoms with Crippen molar-refractivity contribution in [2.24, 2.45) is 17.8 Å². The zero-order valence-corrected chi connectivity index (χ0v) is 8.15. The second-order valence-corrected chi connectivity index (χ2v) is 3.87. The fraction of sp³-hybridized carbons (Fsp3) is 1.00. The van der Waals surface area contributed by atoms with Crippen molar-refractivity contribution in [1.82, 2.24) is 0 Å². The Morgan fingerprint density at radius 2 is 1.50 bits per heavy atom. The van der Waals surface area contributed by atoms with Gasteiger partial charge < -0.3 is 0 Å². The molecule has 0 aliphatic heterocycles. The molecule has 0 rings (SSSR count). The molecule has 0 heteroatoms. The van der Waals surface area contributed by atoms with Crippen LogP contribution in [0.1, 0.15) is 47.5 Å². The molecule has 0 aromatic rings. The first-order valence-electron chi connectivity index (χ1n) is 4.59. The van der Waals surface area contributed by atoms with Crippen LogP contribution in [0, 0.1) is 17.8 Å². The van der Waals surface area contributed by atoms with E-state index in [1.807, 2.05) is 0 Å². The fourth-order valence-electron chi connectivity index (χ4n) is 1.38. The molecule has 0 bridgehead atoms. The van der Waals surface area contributed by atoms with E-state index in [0.717, 1.165) is 17.8 Å². The van der Waals surface area contributed by atoms with Crippen molar-refractivity contribution in [1.29, 1.82) is 0 Å². The van der Waals surface area contributed by atoms with E-state index < -0.39 is 0 Å². The molecular formula is C10H22. The second kappa shape index (κ2) is 4.76. The zero-order valence-electron chi connectivity index (χ0n) is 8.15. The van der Waals surface area contributed by atoms with Crippen molar-refractivity contribution < 1.29 is 0 Å². The van der Waals surface area contributed by atoms with Crippen LogP contribution in [0.2, 0.25) is 0 Å². The highest BCUT2D eigenvalue weighted by molar-refractivity contribution is 4.64. The van der Waals surface area contributed by atoms with Gasteiger partial charge in [0.15, 0.2) is 0 Å². The molecule has 0 aliphatic rings. The molecular weight excluding hydrogens is 120 g/mol. The van der Waals surface area contributed by atoms with E-state index >= 15 is 0 Å². The van der Waals surface area contributed by atoms with Gasteiger partial charge in [-0.05, 0) is 17.8 Å². The molecule has 10 heavy (non-hydrogen) atoms. The molecule has 0 aliphatic carbocycles. The summed E-state index contributed by atoms with van der Waals surface area (Å²) in [5, 5.41) is 0. The van der Waals surface area contributed by atoms with Crippen LogP contribution in [0.25, 0.3) is 0 Å². The van der Waals surface area contributed by atoms with Crippen LogP contribution < -0.4 is 0 Å². The van der Waals surface area contributed by atoms with E-state index in [1.165, 1.54) is 12.8 Å². The van der Waals surface area contributed by atoms with Crippen molar-refractivity contribution in [3.8, 4) is 0 Å². The topological polar surface area (TPSA) is 0 Å². The molecule has 2 atom stereocenters. The molecule has 62 valence electrons. The van der Waals surface area contributed by atoms with Crippen LogP contribution in [-0.4, -0.2) is 0 Å². The smallest absolute Gasteiger partial charge is 0.0394 e. The van der Waals surface area contributed by atoms with Crippen LogP contribution in [0.4, 0.5) is 0 Å². The van der Waals surface area contributed by atoms with Crippen LogP contribution >= 0.6 is 0 Å². The summed E-state index contributed by atoms with van der Waals surface area (Å²) < 4.78 is 0. The SMILES string of the molecule is CCCC(C)C(C)C(C)C. The Bertz CT molecular complexity index is 74.1. The molecule has 0 amide bonds. The number of hydrogen-bond donors (Lipinski definition) is 0. The van der Waals surface area contributed by atoms with E-state index in [1.54, 1.807) is 0 Å². The van der Waals surface area contributed by atoms with Crippen LogP contribution in [0.15, 0.2) is 0 Å². The second-order valence-electron chi connectivity index (χ2n) is 3.87. The minimum atomic E-state index is 0.849. The van der Waals surface area contributed by atoms with Gasteiger partial charge in [-0.2, -0.15) is 0 Å². The summed E-state index contributed by atoms with van der Waals surface area (Å²) in [7, 11) is 0. The van der Waals surface area contributed by atoms with E-state index in [2.05, 4.69) is 34.6 Å². The Morgan fingerprint density at radius 1 is 1.00 bits per heavy atom. The molecule has 0 heterocycles. The molecule has 0 radical (unpaired) electrons. The summed E-state index contributed by atoms with van der Waals surface area (Å²) in [6.45, 7) is 11.6. The molecule has 0 spiro atoms. The third-order valence-electron chi connectivity index (χ3n) is 2.69. The summed E-state index contributed by atoms with van der Waals surface area (Å²) >= 11 is 0. The summed E-state index contributed by atoms with van der Waals surface area (Å²) in [6, 6.07) is 0. The number of hydrogen-bond acceptors (Lipinski definition) is 0. The third kappa shape index (κ3) is 3.24. The Balaban J connectivity index is 3.58. The van der Waals surface area contributed by atoms with Gasteiger partial charge in [-0.1, -0.05) is 47.5 Å². The molecule has 0 aromatic heterocycles. The lowest BCUT2D eigenvalue weighted by molar-refractivity contribution is 0.280. The molecule has 2 unspecified atom stereocenters. The zero-order chi connectivity index (χ0) is 8.15. The third-order valence-corrected chi connectivity index (χ3v) is 2.69. The average molecular weight is 142 g/mol. The van der Waals surface area contributed by atoms with Gasteiger partial charge in [0.1, 0.15) is 0 Å². The van der Waals surface area contributed by atoms with E-state index in [4.69, 9.17) is 0 Å². The van der Waals surface area contributed by atoms with Crippen LogP contribution in [-0.2, 0) is 0 Å². The maximum atomic E-state index is 2.37. The normalized spacial score (nSPS) is 17.4. The molecule has 0 nitrogen and oxygen atoms in total.